The van der Waals surface area contributed by atoms with E-state index in [1.54, 1.807) is 0 Å². The monoisotopic (exact) mass is 219 g/mol. The number of imidazole rings is 1. The number of hydrogen-bond acceptors (Lipinski definition) is 3. The number of amides is 1. The number of hydrogen-bond donors (Lipinski definition) is 2. The maximum atomic E-state index is 10.9. The summed E-state index contributed by atoms with van der Waals surface area (Å²) < 4.78 is 4.49. The summed E-state index contributed by atoms with van der Waals surface area (Å²) in [7, 11) is 1.34. The number of fused-ring (bicyclic) bond motifs is 1. The quantitative estimate of drug-likeness (QED) is 0.808. The lowest BCUT2D eigenvalue weighted by atomic mass is 10.2. The number of aromatic nitrogens is 2. The summed E-state index contributed by atoms with van der Waals surface area (Å²) >= 11 is 0. The van der Waals surface area contributed by atoms with E-state index < -0.39 is 6.09 Å². The summed E-state index contributed by atoms with van der Waals surface area (Å²) in [5, 5.41) is 2.62. The summed E-state index contributed by atoms with van der Waals surface area (Å²) in [5.41, 5.74) is 2.91. The molecule has 0 saturated carbocycles. The number of benzene rings is 1. The van der Waals surface area contributed by atoms with Crippen LogP contribution in [0.25, 0.3) is 11.0 Å². The SMILES string of the molecule is COC(=O)NCc1ccc2nc(C)[nH]c2c1. The van der Waals surface area contributed by atoms with Gasteiger partial charge in [0.1, 0.15) is 5.82 Å². The van der Waals surface area contributed by atoms with Crippen LogP contribution in [-0.4, -0.2) is 23.2 Å². The van der Waals surface area contributed by atoms with Gasteiger partial charge in [0.25, 0.3) is 0 Å². The van der Waals surface area contributed by atoms with E-state index in [-0.39, 0.29) is 0 Å². The number of aryl methyl sites for hydroxylation is 1. The fourth-order valence-corrected chi connectivity index (χ4v) is 1.54. The van der Waals surface area contributed by atoms with Crippen molar-refractivity contribution in [2.75, 3.05) is 7.11 Å². The normalized spacial score (nSPS) is 10.4. The van der Waals surface area contributed by atoms with E-state index in [0.717, 1.165) is 22.4 Å². The van der Waals surface area contributed by atoms with E-state index in [0.29, 0.717) is 6.54 Å². The number of aromatic amines is 1. The van der Waals surface area contributed by atoms with Crippen LogP contribution < -0.4 is 5.32 Å². The van der Waals surface area contributed by atoms with Crippen molar-refractivity contribution in [3.8, 4) is 0 Å². The maximum Gasteiger partial charge on any atom is 0.407 e. The highest BCUT2D eigenvalue weighted by molar-refractivity contribution is 5.76. The van der Waals surface area contributed by atoms with Crippen LogP contribution in [0, 0.1) is 6.92 Å². The van der Waals surface area contributed by atoms with Crippen LogP contribution in [-0.2, 0) is 11.3 Å². The molecule has 1 amide bonds. The van der Waals surface area contributed by atoms with Gasteiger partial charge >= 0.3 is 6.09 Å². The number of nitrogens with zero attached hydrogens (tertiary/aromatic N) is 1. The molecule has 0 aliphatic rings. The predicted molar refractivity (Wildman–Crippen MR) is 60.1 cm³/mol. The highest BCUT2D eigenvalue weighted by Gasteiger charge is 2.02. The zero-order valence-electron chi connectivity index (χ0n) is 9.20. The van der Waals surface area contributed by atoms with Crippen molar-refractivity contribution in [1.29, 1.82) is 0 Å². The molecule has 2 rings (SSSR count). The van der Waals surface area contributed by atoms with Crippen molar-refractivity contribution in [2.45, 2.75) is 13.5 Å². The van der Waals surface area contributed by atoms with E-state index >= 15 is 0 Å². The van der Waals surface area contributed by atoms with E-state index in [1.807, 2.05) is 25.1 Å². The number of carbonyl (C=O) groups excluding carboxylic acids is 1. The van der Waals surface area contributed by atoms with Gasteiger partial charge in [0.15, 0.2) is 0 Å². The lowest BCUT2D eigenvalue weighted by molar-refractivity contribution is 0.170. The van der Waals surface area contributed by atoms with Crippen LogP contribution in [0.3, 0.4) is 0 Å². The van der Waals surface area contributed by atoms with Gasteiger partial charge in [-0.2, -0.15) is 0 Å². The molecule has 1 aromatic carbocycles. The Labute approximate surface area is 92.8 Å². The Morgan fingerprint density at radius 3 is 3.12 bits per heavy atom. The number of carbonyl (C=O) groups is 1. The van der Waals surface area contributed by atoms with Gasteiger partial charge in [-0.3, -0.25) is 0 Å². The number of ether oxygens (including phenoxy) is 1. The largest absolute Gasteiger partial charge is 0.453 e. The number of alkyl carbamates (subject to hydrolysis) is 1. The fourth-order valence-electron chi connectivity index (χ4n) is 1.54. The summed E-state index contributed by atoms with van der Waals surface area (Å²) in [6.07, 6.45) is -0.430. The molecular weight excluding hydrogens is 206 g/mol. The second kappa shape index (κ2) is 4.22. The molecule has 0 bridgehead atoms. The first-order valence-corrected chi connectivity index (χ1v) is 4.96. The third-order valence-corrected chi connectivity index (χ3v) is 2.29. The molecule has 1 aromatic heterocycles. The summed E-state index contributed by atoms with van der Waals surface area (Å²) in [6.45, 7) is 2.35. The highest BCUT2D eigenvalue weighted by atomic mass is 16.5. The Kier molecular flexibility index (Phi) is 2.76. The lowest BCUT2D eigenvalue weighted by Crippen LogP contribution is -2.22. The third-order valence-electron chi connectivity index (χ3n) is 2.29. The Bertz CT molecular complexity index is 519. The topological polar surface area (TPSA) is 67.0 Å². The van der Waals surface area contributed by atoms with Crippen molar-refractivity contribution in [3.05, 3.63) is 29.6 Å². The molecule has 84 valence electrons. The van der Waals surface area contributed by atoms with Crippen LogP contribution in [0.2, 0.25) is 0 Å². The van der Waals surface area contributed by atoms with Gasteiger partial charge in [-0.05, 0) is 24.6 Å². The minimum absolute atomic E-state index is 0.430. The Morgan fingerprint density at radius 1 is 1.56 bits per heavy atom. The second-order valence-corrected chi connectivity index (χ2v) is 3.52. The zero-order valence-corrected chi connectivity index (χ0v) is 9.20. The zero-order chi connectivity index (χ0) is 11.5. The van der Waals surface area contributed by atoms with Gasteiger partial charge in [-0.15, -0.1) is 0 Å². The average Bonchev–Trinajstić information content (AvgIpc) is 2.65. The van der Waals surface area contributed by atoms with Gasteiger partial charge in [0.05, 0.1) is 18.1 Å². The van der Waals surface area contributed by atoms with Crippen molar-refractivity contribution in [2.24, 2.45) is 0 Å². The fraction of sp³-hybridized carbons (Fsp3) is 0.273. The number of nitrogens with one attached hydrogen (secondary N) is 2. The van der Waals surface area contributed by atoms with Crippen molar-refractivity contribution in [3.63, 3.8) is 0 Å². The van der Waals surface area contributed by atoms with E-state index in [1.165, 1.54) is 7.11 Å². The van der Waals surface area contributed by atoms with Crippen LogP contribution in [0.4, 0.5) is 4.79 Å². The molecule has 2 aromatic rings. The molecule has 5 heteroatoms. The molecule has 16 heavy (non-hydrogen) atoms. The summed E-state index contributed by atoms with van der Waals surface area (Å²) in [4.78, 5) is 18.3. The molecule has 0 saturated heterocycles. The van der Waals surface area contributed by atoms with Gasteiger partial charge < -0.3 is 15.0 Å². The first kappa shape index (κ1) is 10.5. The van der Waals surface area contributed by atoms with E-state index in [9.17, 15) is 4.79 Å². The molecule has 0 spiro atoms. The molecule has 0 radical (unpaired) electrons. The Morgan fingerprint density at radius 2 is 2.38 bits per heavy atom. The van der Waals surface area contributed by atoms with E-state index in [4.69, 9.17) is 0 Å². The van der Waals surface area contributed by atoms with Crippen LogP contribution in [0.15, 0.2) is 18.2 Å². The van der Waals surface area contributed by atoms with Gasteiger partial charge in [-0.25, -0.2) is 9.78 Å². The molecule has 2 N–H and O–H groups in total. The molecule has 0 atom stereocenters. The van der Waals surface area contributed by atoms with Gasteiger partial charge in [-0.1, -0.05) is 6.07 Å². The first-order valence-electron chi connectivity index (χ1n) is 4.96. The van der Waals surface area contributed by atoms with Crippen LogP contribution in [0.5, 0.6) is 0 Å². The van der Waals surface area contributed by atoms with Crippen molar-refractivity contribution >= 4 is 17.1 Å². The molecule has 0 unspecified atom stereocenters. The predicted octanol–water partition coefficient (Wildman–Crippen LogP) is 1.73. The van der Waals surface area contributed by atoms with Crippen LogP contribution in [0.1, 0.15) is 11.4 Å². The minimum Gasteiger partial charge on any atom is -0.453 e. The van der Waals surface area contributed by atoms with Crippen molar-refractivity contribution < 1.29 is 9.53 Å². The standard InChI is InChI=1S/C11H13N3O2/c1-7-13-9-4-3-8(5-10(9)14-7)6-12-11(15)16-2/h3-5H,6H2,1-2H3,(H,12,15)(H,13,14). The summed E-state index contributed by atoms with van der Waals surface area (Å²) in [6, 6.07) is 5.82. The minimum atomic E-state index is -0.430. The molecule has 0 fully saturated rings. The molecular formula is C11H13N3O2. The molecule has 1 heterocycles. The molecule has 5 nitrogen and oxygen atoms in total. The Hall–Kier alpha value is -2.04. The highest BCUT2D eigenvalue weighted by Crippen LogP contribution is 2.13. The van der Waals surface area contributed by atoms with Gasteiger partial charge in [0, 0.05) is 6.54 Å². The van der Waals surface area contributed by atoms with Gasteiger partial charge in [0.2, 0.25) is 0 Å². The number of methoxy groups -OCH3 is 1. The first-order chi connectivity index (χ1) is 7.69. The van der Waals surface area contributed by atoms with E-state index in [2.05, 4.69) is 20.0 Å². The second-order valence-electron chi connectivity index (χ2n) is 3.52. The molecule has 0 aliphatic heterocycles. The average molecular weight is 219 g/mol. The van der Waals surface area contributed by atoms with Crippen LogP contribution >= 0.6 is 0 Å². The number of rotatable bonds is 2. The third kappa shape index (κ3) is 2.13. The Balaban J connectivity index is 2.16. The lowest BCUT2D eigenvalue weighted by Gasteiger charge is -2.03. The summed E-state index contributed by atoms with van der Waals surface area (Å²) in [5.74, 6) is 0.882. The maximum absolute atomic E-state index is 10.9. The smallest absolute Gasteiger partial charge is 0.407 e. The van der Waals surface area contributed by atoms with Crippen molar-refractivity contribution in [1.82, 2.24) is 15.3 Å². The number of H-pyrrole nitrogens is 1. The molecule has 0 aliphatic carbocycles.